The summed E-state index contributed by atoms with van der Waals surface area (Å²) >= 11 is 0. The van der Waals surface area contributed by atoms with Crippen LogP contribution in [-0.2, 0) is 4.57 Å². The molecular formula is C47H33N2OP. The lowest BCUT2D eigenvalue weighted by Gasteiger charge is -2.20. The van der Waals surface area contributed by atoms with Gasteiger partial charge in [-0.1, -0.05) is 188 Å². The summed E-state index contributed by atoms with van der Waals surface area (Å²) in [5, 5.41) is 11.3. The average molecular weight is 673 g/mol. The van der Waals surface area contributed by atoms with Crippen molar-refractivity contribution in [1.29, 1.82) is 0 Å². The van der Waals surface area contributed by atoms with Gasteiger partial charge in [0.15, 0.2) is 7.14 Å². The second-order valence-electron chi connectivity index (χ2n) is 12.7. The molecule has 9 rings (SSSR count). The molecule has 0 bridgehead atoms. The van der Waals surface area contributed by atoms with Crippen molar-refractivity contribution < 1.29 is 4.57 Å². The Bertz CT molecular complexity index is 2640. The normalized spacial score (nSPS) is 11.6. The minimum Gasteiger partial charge on any atom is -0.309 e. The number of rotatable bonds is 7. The van der Waals surface area contributed by atoms with Crippen molar-refractivity contribution in [3.63, 3.8) is 0 Å². The highest BCUT2D eigenvalue weighted by atomic mass is 31.2. The van der Waals surface area contributed by atoms with Gasteiger partial charge in [-0.25, -0.2) is 4.68 Å². The lowest BCUT2D eigenvalue weighted by molar-refractivity contribution is 0.592. The lowest BCUT2D eigenvalue weighted by atomic mass is 9.94. The molecule has 1 heterocycles. The van der Waals surface area contributed by atoms with Gasteiger partial charge in [-0.05, 0) is 34.2 Å². The van der Waals surface area contributed by atoms with Crippen LogP contribution in [0.4, 0.5) is 0 Å². The summed E-state index contributed by atoms with van der Waals surface area (Å²) in [6.07, 6.45) is 0. The largest absolute Gasteiger partial charge is 0.309 e. The summed E-state index contributed by atoms with van der Waals surface area (Å²) in [5.74, 6) is 0. The number of nitrogens with zero attached hydrogens (tertiary/aromatic N) is 2. The number of aromatic nitrogens is 2. The number of hydrogen-bond donors (Lipinski definition) is 0. The molecule has 0 atom stereocenters. The van der Waals surface area contributed by atoms with E-state index in [0.29, 0.717) is 0 Å². The standard InChI is InChI=1S/C47H33N2OP/c50-51(38-22-9-3-10-23-38,39-24-11-4-12-25-39)40-31-29-35(30-32-40)41-26-15-16-28-44(41)49-47-42-27-14-13-21-37(42)33-43(34-17-5-1-6-18-34)45(47)46(48-49)36-19-7-2-8-20-36/h1-33H. The van der Waals surface area contributed by atoms with Crippen LogP contribution >= 0.6 is 7.14 Å². The Labute approximate surface area is 297 Å². The van der Waals surface area contributed by atoms with Crippen molar-refractivity contribution in [2.24, 2.45) is 0 Å². The highest BCUT2D eigenvalue weighted by Crippen LogP contribution is 2.44. The Morgan fingerprint density at radius 2 is 0.922 bits per heavy atom. The first kappa shape index (κ1) is 30.8. The molecule has 0 radical (unpaired) electrons. The van der Waals surface area contributed by atoms with Crippen molar-refractivity contribution in [2.45, 2.75) is 0 Å². The highest BCUT2D eigenvalue weighted by Gasteiger charge is 2.29. The Hall–Kier alpha value is -6.28. The first-order valence-electron chi connectivity index (χ1n) is 17.2. The molecular weight excluding hydrogens is 640 g/mol. The van der Waals surface area contributed by atoms with Crippen molar-refractivity contribution in [3.05, 3.63) is 200 Å². The highest BCUT2D eigenvalue weighted by molar-refractivity contribution is 7.85. The smallest absolute Gasteiger partial charge is 0.171 e. The summed E-state index contributed by atoms with van der Waals surface area (Å²) in [6.45, 7) is 0. The molecule has 0 amide bonds. The molecule has 0 unspecified atom stereocenters. The van der Waals surface area contributed by atoms with E-state index in [9.17, 15) is 0 Å². The van der Waals surface area contributed by atoms with Gasteiger partial charge in [0, 0.05) is 37.8 Å². The third-order valence-electron chi connectivity index (χ3n) is 9.72. The number of benzene rings is 8. The number of para-hydroxylation sites is 1. The van der Waals surface area contributed by atoms with Crippen molar-refractivity contribution in [1.82, 2.24) is 9.78 Å². The lowest BCUT2D eigenvalue weighted by Crippen LogP contribution is -2.24. The predicted molar refractivity (Wildman–Crippen MR) is 214 cm³/mol. The quantitative estimate of drug-likeness (QED) is 0.158. The molecule has 0 aliphatic carbocycles. The molecule has 51 heavy (non-hydrogen) atoms. The second kappa shape index (κ2) is 12.9. The molecule has 0 spiro atoms. The van der Waals surface area contributed by atoms with E-state index >= 15 is 4.57 Å². The van der Waals surface area contributed by atoms with Crippen molar-refractivity contribution >= 4 is 44.7 Å². The van der Waals surface area contributed by atoms with Crippen LogP contribution in [-0.4, -0.2) is 9.78 Å². The Balaban J connectivity index is 1.27. The summed E-state index contributed by atoms with van der Waals surface area (Å²) in [7, 11) is -3.10. The fraction of sp³-hybridized carbons (Fsp3) is 0. The maximum atomic E-state index is 15.1. The molecule has 1 aromatic heterocycles. The van der Waals surface area contributed by atoms with Gasteiger partial charge in [0.05, 0.1) is 11.2 Å². The minimum absolute atomic E-state index is 0.801. The predicted octanol–water partition coefficient (Wildman–Crippen LogP) is 10.8. The maximum absolute atomic E-state index is 15.1. The third-order valence-corrected chi connectivity index (χ3v) is 12.8. The number of fused-ring (bicyclic) bond motifs is 3. The van der Waals surface area contributed by atoms with E-state index < -0.39 is 7.14 Å². The van der Waals surface area contributed by atoms with Crippen LogP contribution in [0.5, 0.6) is 0 Å². The molecule has 3 nitrogen and oxygen atoms in total. The maximum Gasteiger partial charge on any atom is 0.171 e. The van der Waals surface area contributed by atoms with E-state index in [1.54, 1.807) is 0 Å². The first-order chi connectivity index (χ1) is 25.2. The van der Waals surface area contributed by atoms with Crippen LogP contribution in [0.25, 0.3) is 60.9 Å². The molecule has 0 fully saturated rings. The second-order valence-corrected chi connectivity index (χ2v) is 15.5. The van der Waals surface area contributed by atoms with Crippen molar-refractivity contribution in [3.8, 4) is 39.2 Å². The molecule has 0 N–H and O–H groups in total. The van der Waals surface area contributed by atoms with E-state index in [2.05, 4.69) is 126 Å². The van der Waals surface area contributed by atoms with Gasteiger partial charge in [-0.3, -0.25) is 0 Å². The zero-order chi connectivity index (χ0) is 34.2. The summed E-state index contributed by atoms with van der Waals surface area (Å²) in [5.41, 5.74) is 8.39. The Morgan fingerprint density at radius 3 is 1.57 bits per heavy atom. The molecule has 242 valence electrons. The Morgan fingerprint density at radius 1 is 0.431 bits per heavy atom. The SMILES string of the molecule is O=P(c1ccccc1)(c1ccccc1)c1ccc(-c2ccccc2-n2nc(-c3ccccc3)c3c(-c4ccccc4)cc4ccccc4c32)cc1. The summed E-state index contributed by atoms with van der Waals surface area (Å²) in [6, 6.07) is 68.3. The van der Waals surface area contributed by atoms with Crippen LogP contribution < -0.4 is 15.9 Å². The molecule has 0 saturated carbocycles. The van der Waals surface area contributed by atoms with Crippen LogP contribution in [0.2, 0.25) is 0 Å². The third kappa shape index (κ3) is 5.31. The number of hydrogen-bond acceptors (Lipinski definition) is 2. The van der Waals surface area contributed by atoms with E-state index in [1.165, 1.54) is 0 Å². The minimum atomic E-state index is -3.10. The topological polar surface area (TPSA) is 34.9 Å². The van der Waals surface area contributed by atoms with E-state index in [1.807, 2.05) is 78.9 Å². The van der Waals surface area contributed by atoms with Gasteiger partial charge in [0.2, 0.25) is 0 Å². The van der Waals surface area contributed by atoms with Gasteiger partial charge in [-0.15, -0.1) is 0 Å². The van der Waals surface area contributed by atoms with Crippen LogP contribution in [0, 0.1) is 0 Å². The molecule has 0 saturated heterocycles. The zero-order valence-electron chi connectivity index (χ0n) is 27.8. The average Bonchev–Trinajstić information content (AvgIpc) is 3.63. The van der Waals surface area contributed by atoms with Crippen LogP contribution in [0.15, 0.2) is 200 Å². The monoisotopic (exact) mass is 672 g/mol. The fourth-order valence-electron chi connectivity index (χ4n) is 7.28. The first-order valence-corrected chi connectivity index (χ1v) is 18.9. The molecule has 0 aliphatic rings. The molecule has 8 aromatic carbocycles. The molecule has 0 aliphatic heterocycles. The zero-order valence-corrected chi connectivity index (χ0v) is 28.7. The van der Waals surface area contributed by atoms with E-state index in [0.717, 1.165) is 76.8 Å². The van der Waals surface area contributed by atoms with Gasteiger partial charge >= 0.3 is 0 Å². The van der Waals surface area contributed by atoms with Crippen molar-refractivity contribution in [2.75, 3.05) is 0 Å². The van der Waals surface area contributed by atoms with Gasteiger partial charge in [0.1, 0.15) is 5.69 Å². The summed E-state index contributed by atoms with van der Waals surface area (Å²) in [4.78, 5) is 0. The van der Waals surface area contributed by atoms with E-state index in [4.69, 9.17) is 5.10 Å². The van der Waals surface area contributed by atoms with Crippen LogP contribution in [0.1, 0.15) is 0 Å². The molecule has 4 heteroatoms. The van der Waals surface area contributed by atoms with Gasteiger partial charge in [-0.2, -0.15) is 5.10 Å². The Kier molecular flexibility index (Phi) is 7.76. The van der Waals surface area contributed by atoms with Gasteiger partial charge < -0.3 is 4.57 Å². The van der Waals surface area contributed by atoms with Crippen LogP contribution in [0.3, 0.4) is 0 Å². The van der Waals surface area contributed by atoms with Gasteiger partial charge in [0.25, 0.3) is 0 Å². The molecule has 9 aromatic rings. The summed E-state index contributed by atoms with van der Waals surface area (Å²) < 4.78 is 17.2. The fourth-order valence-corrected chi connectivity index (χ4v) is 9.93. The van der Waals surface area contributed by atoms with E-state index in [-0.39, 0.29) is 0 Å².